The van der Waals surface area contributed by atoms with Crippen LogP contribution in [0.2, 0.25) is 10.0 Å². The van der Waals surface area contributed by atoms with E-state index in [1.165, 1.54) is 6.07 Å². The average Bonchev–Trinajstić information content (AvgIpc) is 3.53. The first-order valence-corrected chi connectivity index (χ1v) is 21.8. The number of nitrogens with zero attached hydrogens (tertiary/aromatic N) is 4. The molecule has 3 aromatic carbocycles. The van der Waals surface area contributed by atoms with Crippen LogP contribution in [0.3, 0.4) is 0 Å². The standard InChI is InChI=1S/C46H57Cl2N5O8/c1-5-19-52(20-6-2)46(58)40(49-44(56)33-11-8-7-9-12-33)16-18-42(54)60-27-10-21-50-22-24-51(25-23-50)26-28-61-43(55)31-36-32(3)53(41-17-14-35(59-4)30-37(36)41)45(57)34-13-15-38(47)39(48)29-34/h7-9,11-15,17,29-30,40H,5-6,10,16,18-28,31H2,1-4H3,(H,49,56). The van der Waals surface area contributed by atoms with Crippen molar-refractivity contribution in [2.75, 3.05) is 72.7 Å². The minimum Gasteiger partial charge on any atom is -0.497 e. The maximum Gasteiger partial charge on any atom is 0.310 e. The Morgan fingerprint density at radius 3 is 2.11 bits per heavy atom. The lowest BCUT2D eigenvalue weighted by Gasteiger charge is -2.34. The average molecular weight is 879 g/mol. The first kappa shape index (κ1) is 47.1. The van der Waals surface area contributed by atoms with Crippen LogP contribution in [0, 0.1) is 6.92 Å². The minimum absolute atomic E-state index is 0.0121. The van der Waals surface area contributed by atoms with Gasteiger partial charge in [-0.3, -0.25) is 33.4 Å². The van der Waals surface area contributed by atoms with Crippen LogP contribution in [0.4, 0.5) is 0 Å². The molecule has 0 aliphatic carbocycles. The van der Waals surface area contributed by atoms with E-state index in [4.69, 9.17) is 37.4 Å². The summed E-state index contributed by atoms with van der Waals surface area (Å²) in [4.78, 5) is 72.4. The molecule has 2 amide bonds. The van der Waals surface area contributed by atoms with Crippen LogP contribution in [0.1, 0.15) is 77.9 Å². The number of ether oxygens (including phenoxy) is 3. The number of methoxy groups -OCH3 is 1. The molecular weight excluding hydrogens is 821 g/mol. The van der Waals surface area contributed by atoms with Crippen LogP contribution < -0.4 is 10.1 Å². The third-order valence-corrected chi connectivity index (χ3v) is 11.6. The summed E-state index contributed by atoms with van der Waals surface area (Å²) in [6.45, 7) is 12.1. The number of aromatic nitrogens is 1. The molecule has 0 bridgehead atoms. The lowest BCUT2D eigenvalue weighted by molar-refractivity contribution is -0.144. The molecule has 1 aliphatic heterocycles. The highest BCUT2D eigenvalue weighted by Crippen LogP contribution is 2.32. The zero-order valence-electron chi connectivity index (χ0n) is 35.6. The topological polar surface area (TPSA) is 140 Å². The van der Waals surface area contributed by atoms with Crippen molar-refractivity contribution in [1.82, 2.24) is 24.6 Å². The van der Waals surface area contributed by atoms with Crippen LogP contribution in [-0.4, -0.2) is 128 Å². The molecule has 1 atom stereocenters. The normalized spacial score (nSPS) is 13.7. The molecule has 1 fully saturated rings. The fourth-order valence-electron chi connectivity index (χ4n) is 7.54. The number of carbonyl (C=O) groups is 5. The van der Waals surface area contributed by atoms with E-state index in [0.717, 1.165) is 51.0 Å². The van der Waals surface area contributed by atoms with Crippen LogP contribution >= 0.6 is 23.2 Å². The van der Waals surface area contributed by atoms with Gasteiger partial charge in [0.15, 0.2) is 0 Å². The van der Waals surface area contributed by atoms with E-state index in [2.05, 4.69) is 15.1 Å². The third-order valence-electron chi connectivity index (χ3n) is 10.8. The zero-order chi connectivity index (χ0) is 43.9. The Kier molecular flexibility index (Phi) is 18.0. The van der Waals surface area contributed by atoms with Gasteiger partial charge in [-0.15, -0.1) is 0 Å². The van der Waals surface area contributed by atoms with E-state index in [-0.39, 0.29) is 55.2 Å². The van der Waals surface area contributed by atoms with Crippen molar-refractivity contribution in [1.29, 1.82) is 0 Å². The monoisotopic (exact) mass is 877 g/mol. The molecule has 0 spiro atoms. The Morgan fingerprint density at radius 1 is 0.787 bits per heavy atom. The smallest absolute Gasteiger partial charge is 0.310 e. The molecule has 328 valence electrons. The van der Waals surface area contributed by atoms with Gasteiger partial charge in [-0.2, -0.15) is 0 Å². The first-order valence-electron chi connectivity index (χ1n) is 21.0. The number of hydrogen-bond acceptors (Lipinski definition) is 10. The van der Waals surface area contributed by atoms with Gasteiger partial charge in [0.2, 0.25) is 5.91 Å². The van der Waals surface area contributed by atoms with Crippen molar-refractivity contribution < 1.29 is 38.2 Å². The minimum atomic E-state index is -0.834. The molecule has 1 saturated heterocycles. The summed E-state index contributed by atoms with van der Waals surface area (Å²) in [6.07, 6.45) is 2.39. The summed E-state index contributed by atoms with van der Waals surface area (Å²) in [5.41, 5.74) is 2.75. The predicted molar refractivity (Wildman–Crippen MR) is 237 cm³/mol. The summed E-state index contributed by atoms with van der Waals surface area (Å²) in [5.74, 6) is -1.04. The lowest BCUT2D eigenvalue weighted by atomic mass is 10.1. The number of rotatable bonds is 21. The van der Waals surface area contributed by atoms with Crippen LogP contribution in [-0.2, 0) is 30.3 Å². The van der Waals surface area contributed by atoms with E-state index < -0.39 is 18.0 Å². The molecule has 1 aromatic heterocycles. The van der Waals surface area contributed by atoms with Gasteiger partial charge in [0, 0.05) is 81.0 Å². The third kappa shape index (κ3) is 13.0. The first-order chi connectivity index (χ1) is 29.4. The number of nitrogens with one attached hydrogen (secondary N) is 1. The molecular formula is C46H57Cl2N5O8. The van der Waals surface area contributed by atoms with Crippen molar-refractivity contribution >= 4 is 63.8 Å². The summed E-state index contributed by atoms with van der Waals surface area (Å²) < 4.78 is 18.3. The van der Waals surface area contributed by atoms with Gasteiger partial charge in [-0.05, 0) is 86.7 Å². The second-order valence-corrected chi connectivity index (χ2v) is 15.9. The van der Waals surface area contributed by atoms with Crippen LogP contribution in [0.5, 0.6) is 5.75 Å². The number of hydrogen-bond donors (Lipinski definition) is 1. The Bertz CT molecular complexity index is 2130. The van der Waals surface area contributed by atoms with E-state index in [1.807, 2.05) is 26.0 Å². The van der Waals surface area contributed by atoms with Gasteiger partial charge in [0.25, 0.3) is 11.8 Å². The van der Waals surface area contributed by atoms with Crippen molar-refractivity contribution in [3.05, 3.63) is 99.2 Å². The molecule has 61 heavy (non-hydrogen) atoms. The number of benzene rings is 3. The van der Waals surface area contributed by atoms with E-state index in [9.17, 15) is 24.0 Å². The SMILES string of the molecule is CCCN(CCC)C(=O)C(CCC(=O)OCCCN1CCN(CCOC(=O)Cc2c(C)n(C(=O)c3ccc(Cl)c(Cl)c3)c3ccc(OC)cc23)CC1)NC(=O)c1ccccc1. The summed E-state index contributed by atoms with van der Waals surface area (Å²) in [6, 6.07) is 18.0. The molecule has 15 heteroatoms. The van der Waals surface area contributed by atoms with Crippen LogP contribution in [0.15, 0.2) is 66.7 Å². The number of esters is 2. The number of amides is 2. The quantitative estimate of drug-likeness (QED) is 0.0701. The number of fused-ring (bicyclic) bond motifs is 1. The Balaban J connectivity index is 1.03. The van der Waals surface area contributed by atoms with E-state index >= 15 is 0 Å². The van der Waals surface area contributed by atoms with Gasteiger partial charge in [-0.25, -0.2) is 0 Å². The van der Waals surface area contributed by atoms with Gasteiger partial charge >= 0.3 is 11.9 Å². The number of piperazine rings is 1. The molecule has 1 aliphatic rings. The Hall–Kier alpha value is -4.95. The fourth-order valence-corrected chi connectivity index (χ4v) is 7.84. The second-order valence-electron chi connectivity index (χ2n) is 15.1. The molecule has 0 radical (unpaired) electrons. The molecule has 0 saturated carbocycles. The van der Waals surface area contributed by atoms with E-state index in [1.54, 1.807) is 72.0 Å². The van der Waals surface area contributed by atoms with Gasteiger partial charge < -0.3 is 29.3 Å². The Labute approximate surface area is 368 Å². The maximum absolute atomic E-state index is 13.7. The Morgan fingerprint density at radius 2 is 1.46 bits per heavy atom. The van der Waals surface area contributed by atoms with E-state index in [0.29, 0.717) is 64.7 Å². The molecule has 13 nitrogen and oxygen atoms in total. The summed E-state index contributed by atoms with van der Waals surface area (Å²) in [7, 11) is 1.56. The second kappa shape index (κ2) is 23.3. The maximum atomic E-state index is 13.7. The number of carbonyl (C=O) groups excluding carboxylic acids is 5. The number of halogens is 2. The lowest BCUT2D eigenvalue weighted by Crippen LogP contribution is -2.49. The van der Waals surface area contributed by atoms with Gasteiger partial charge in [0.1, 0.15) is 18.4 Å². The molecule has 2 heterocycles. The molecule has 4 aromatic rings. The van der Waals surface area contributed by atoms with Gasteiger partial charge in [-0.1, -0.05) is 55.2 Å². The molecule has 5 rings (SSSR count). The van der Waals surface area contributed by atoms with Crippen molar-refractivity contribution in [2.24, 2.45) is 0 Å². The predicted octanol–water partition coefficient (Wildman–Crippen LogP) is 6.82. The largest absolute Gasteiger partial charge is 0.497 e. The highest BCUT2D eigenvalue weighted by molar-refractivity contribution is 6.42. The zero-order valence-corrected chi connectivity index (χ0v) is 37.1. The molecule has 1 unspecified atom stereocenters. The summed E-state index contributed by atoms with van der Waals surface area (Å²) in [5, 5.41) is 4.20. The highest BCUT2D eigenvalue weighted by atomic mass is 35.5. The van der Waals surface area contributed by atoms with Crippen molar-refractivity contribution in [2.45, 2.75) is 65.3 Å². The van der Waals surface area contributed by atoms with Gasteiger partial charge in [0.05, 0.1) is 35.7 Å². The van der Waals surface area contributed by atoms with Crippen molar-refractivity contribution in [3.63, 3.8) is 0 Å². The molecule has 1 N–H and O–H groups in total. The fraction of sp³-hybridized carbons (Fsp3) is 0.457. The van der Waals surface area contributed by atoms with Crippen LogP contribution in [0.25, 0.3) is 10.9 Å². The highest BCUT2D eigenvalue weighted by Gasteiger charge is 2.27. The van der Waals surface area contributed by atoms with Crippen molar-refractivity contribution in [3.8, 4) is 5.75 Å². The summed E-state index contributed by atoms with van der Waals surface area (Å²) >= 11 is 12.3.